The van der Waals surface area contributed by atoms with Gasteiger partial charge in [0, 0.05) is 17.6 Å². The van der Waals surface area contributed by atoms with Gasteiger partial charge in [-0.1, -0.05) is 22.0 Å². The zero-order chi connectivity index (χ0) is 13.3. The van der Waals surface area contributed by atoms with Crippen molar-refractivity contribution in [1.82, 2.24) is 4.90 Å². The van der Waals surface area contributed by atoms with Crippen LogP contribution in [0.3, 0.4) is 0 Å². The van der Waals surface area contributed by atoms with E-state index in [0.717, 1.165) is 23.0 Å². The molecule has 1 amide bonds. The molecule has 1 atom stereocenters. The SMILES string of the molecule is CC1(C(N)=O)CCN(Cc2ccc(F)cc2Br)C1. The molecule has 0 radical (unpaired) electrons. The van der Waals surface area contributed by atoms with E-state index in [1.165, 1.54) is 12.1 Å². The molecule has 5 heteroatoms. The molecule has 1 fully saturated rings. The standard InChI is InChI=1S/C13H16BrFN2O/c1-13(12(16)18)4-5-17(8-13)7-9-2-3-10(15)6-11(9)14/h2-3,6H,4-5,7-8H2,1H3,(H2,16,18). The lowest BCUT2D eigenvalue weighted by Gasteiger charge is -2.21. The Bertz CT molecular complexity index is 480. The second-order valence-electron chi connectivity index (χ2n) is 5.12. The van der Waals surface area contributed by atoms with E-state index >= 15 is 0 Å². The van der Waals surface area contributed by atoms with Crippen molar-refractivity contribution >= 4 is 21.8 Å². The lowest BCUT2D eigenvalue weighted by atomic mass is 9.89. The Morgan fingerprint density at radius 2 is 2.33 bits per heavy atom. The van der Waals surface area contributed by atoms with Crippen molar-refractivity contribution in [2.75, 3.05) is 13.1 Å². The maximum atomic E-state index is 13.0. The van der Waals surface area contributed by atoms with Gasteiger partial charge in [-0.15, -0.1) is 0 Å². The molecule has 1 aliphatic rings. The molecule has 3 nitrogen and oxygen atoms in total. The van der Waals surface area contributed by atoms with E-state index in [-0.39, 0.29) is 11.7 Å². The number of nitrogens with zero attached hydrogens (tertiary/aromatic N) is 1. The van der Waals surface area contributed by atoms with E-state index in [2.05, 4.69) is 20.8 Å². The van der Waals surface area contributed by atoms with Gasteiger partial charge in [-0.3, -0.25) is 9.69 Å². The van der Waals surface area contributed by atoms with Crippen LogP contribution in [0.1, 0.15) is 18.9 Å². The number of primary amides is 1. The number of carbonyl (C=O) groups is 1. The van der Waals surface area contributed by atoms with Crippen LogP contribution < -0.4 is 5.73 Å². The van der Waals surface area contributed by atoms with E-state index in [1.807, 2.05) is 6.92 Å². The van der Waals surface area contributed by atoms with Crippen molar-refractivity contribution < 1.29 is 9.18 Å². The number of hydrogen-bond donors (Lipinski definition) is 1. The fourth-order valence-electron chi connectivity index (χ4n) is 2.28. The van der Waals surface area contributed by atoms with Crippen LogP contribution in [0.25, 0.3) is 0 Å². The van der Waals surface area contributed by atoms with Gasteiger partial charge in [0.2, 0.25) is 5.91 Å². The van der Waals surface area contributed by atoms with Gasteiger partial charge in [0.1, 0.15) is 5.82 Å². The van der Waals surface area contributed by atoms with Gasteiger partial charge in [-0.2, -0.15) is 0 Å². The first kappa shape index (κ1) is 13.5. The number of halogens is 2. The summed E-state index contributed by atoms with van der Waals surface area (Å²) in [6.45, 7) is 4.09. The zero-order valence-corrected chi connectivity index (χ0v) is 11.8. The summed E-state index contributed by atoms with van der Waals surface area (Å²) < 4.78 is 13.7. The molecule has 1 aliphatic heterocycles. The van der Waals surface area contributed by atoms with Crippen LogP contribution in [0, 0.1) is 11.2 Å². The van der Waals surface area contributed by atoms with Gasteiger partial charge in [0.15, 0.2) is 0 Å². The number of carbonyl (C=O) groups excluding carboxylic acids is 1. The predicted molar refractivity (Wildman–Crippen MR) is 71.3 cm³/mol. The quantitative estimate of drug-likeness (QED) is 0.930. The Balaban J connectivity index is 2.06. The molecule has 2 rings (SSSR count). The highest BCUT2D eigenvalue weighted by Crippen LogP contribution is 2.31. The molecular weight excluding hydrogens is 299 g/mol. The molecule has 18 heavy (non-hydrogen) atoms. The van der Waals surface area contributed by atoms with Crippen LogP contribution >= 0.6 is 15.9 Å². The lowest BCUT2D eigenvalue weighted by Crippen LogP contribution is -2.36. The van der Waals surface area contributed by atoms with Gasteiger partial charge in [0.05, 0.1) is 5.41 Å². The van der Waals surface area contributed by atoms with E-state index in [4.69, 9.17) is 5.73 Å². The predicted octanol–water partition coefficient (Wildman–Crippen LogP) is 2.29. The van der Waals surface area contributed by atoms with Crippen molar-refractivity contribution in [3.63, 3.8) is 0 Å². The summed E-state index contributed by atoms with van der Waals surface area (Å²) in [6.07, 6.45) is 0.779. The monoisotopic (exact) mass is 314 g/mol. The van der Waals surface area contributed by atoms with Crippen LogP contribution in [-0.2, 0) is 11.3 Å². The van der Waals surface area contributed by atoms with E-state index < -0.39 is 5.41 Å². The molecule has 1 aromatic carbocycles. The smallest absolute Gasteiger partial charge is 0.224 e. The fourth-order valence-corrected chi connectivity index (χ4v) is 2.76. The largest absolute Gasteiger partial charge is 0.369 e. The number of rotatable bonds is 3. The molecule has 0 aromatic heterocycles. The summed E-state index contributed by atoms with van der Waals surface area (Å²) in [4.78, 5) is 13.5. The third kappa shape index (κ3) is 2.72. The number of benzene rings is 1. The molecule has 0 bridgehead atoms. The fraction of sp³-hybridized carbons (Fsp3) is 0.462. The molecule has 1 unspecified atom stereocenters. The average molecular weight is 315 g/mol. The van der Waals surface area contributed by atoms with Crippen LogP contribution in [0.5, 0.6) is 0 Å². The van der Waals surface area contributed by atoms with Crippen molar-refractivity contribution in [2.45, 2.75) is 19.9 Å². The van der Waals surface area contributed by atoms with Gasteiger partial charge >= 0.3 is 0 Å². The van der Waals surface area contributed by atoms with Crippen molar-refractivity contribution in [3.05, 3.63) is 34.1 Å². The molecule has 0 spiro atoms. The Morgan fingerprint density at radius 1 is 1.61 bits per heavy atom. The number of nitrogens with two attached hydrogens (primary N) is 1. The van der Waals surface area contributed by atoms with Crippen molar-refractivity contribution in [2.24, 2.45) is 11.1 Å². The molecule has 1 heterocycles. The Labute approximate surface area is 114 Å². The van der Waals surface area contributed by atoms with Gasteiger partial charge in [-0.05, 0) is 37.6 Å². The molecule has 2 N–H and O–H groups in total. The van der Waals surface area contributed by atoms with Gasteiger partial charge in [0.25, 0.3) is 0 Å². The second kappa shape index (κ2) is 4.97. The Hall–Kier alpha value is -0.940. The molecule has 98 valence electrons. The topological polar surface area (TPSA) is 46.3 Å². The molecule has 1 aromatic rings. The number of amides is 1. The Morgan fingerprint density at radius 3 is 2.89 bits per heavy atom. The summed E-state index contributed by atoms with van der Waals surface area (Å²) in [6, 6.07) is 4.67. The second-order valence-corrected chi connectivity index (χ2v) is 5.98. The summed E-state index contributed by atoms with van der Waals surface area (Å²) in [5, 5.41) is 0. The van der Waals surface area contributed by atoms with E-state index in [9.17, 15) is 9.18 Å². The van der Waals surface area contributed by atoms with Crippen LogP contribution in [0.4, 0.5) is 4.39 Å². The maximum Gasteiger partial charge on any atom is 0.224 e. The van der Waals surface area contributed by atoms with E-state index in [0.29, 0.717) is 13.1 Å². The van der Waals surface area contributed by atoms with Crippen molar-refractivity contribution in [1.29, 1.82) is 0 Å². The third-order valence-electron chi connectivity index (χ3n) is 3.56. The minimum Gasteiger partial charge on any atom is -0.369 e. The zero-order valence-electron chi connectivity index (χ0n) is 10.2. The van der Waals surface area contributed by atoms with Gasteiger partial charge in [-0.25, -0.2) is 4.39 Å². The van der Waals surface area contributed by atoms with E-state index in [1.54, 1.807) is 6.07 Å². The average Bonchev–Trinajstić information content (AvgIpc) is 2.66. The normalized spacial score (nSPS) is 24.4. The summed E-state index contributed by atoms with van der Waals surface area (Å²) in [5.41, 5.74) is 5.99. The van der Waals surface area contributed by atoms with Crippen LogP contribution in [0.2, 0.25) is 0 Å². The highest BCUT2D eigenvalue weighted by Gasteiger charge is 2.38. The minimum absolute atomic E-state index is 0.247. The highest BCUT2D eigenvalue weighted by molar-refractivity contribution is 9.10. The lowest BCUT2D eigenvalue weighted by molar-refractivity contribution is -0.126. The molecular formula is C13H16BrFN2O. The Kier molecular flexibility index (Phi) is 3.73. The summed E-state index contributed by atoms with van der Waals surface area (Å²) in [7, 11) is 0. The number of likely N-dealkylation sites (tertiary alicyclic amines) is 1. The first-order valence-corrected chi connectivity index (χ1v) is 6.66. The maximum absolute atomic E-state index is 13.0. The first-order chi connectivity index (χ1) is 8.40. The highest BCUT2D eigenvalue weighted by atomic mass is 79.9. The summed E-state index contributed by atoms with van der Waals surface area (Å²) >= 11 is 3.35. The first-order valence-electron chi connectivity index (χ1n) is 5.87. The van der Waals surface area contributed by atoms with Crippen LogP contribution in [0.15, 0.2) is 22.7 Å². The molecule has 1 saturated heterocycles. The molecule has 0 aliphatic carbocycles. The van der Waals surface area contributed by atoms with Gasteiger partial charge < -0.3 is 5.73 Å². The van der Waals surface area contributed by atoms with Crippen LogP contribution in [-0.4, -0.2) is 23.9 Å². The summed E-state index contributed by atoms with van der Waals surface area (Å²) in [5.74, 6) is -0.503. The molecule has 0 saturated carbocycles. The van der Waals surface area contributed by atoms with Crippen molar-refractivity contribution in [3.8, 4) is 0 Å². The third-order valence-corrected chi connectivity index (χ3v) is 4.29. The minimum atomic E-state index is -0.438. The number of hydrogen-bond acceptors (Lipinski definition) is 2.